The van der Waals surface area contributed by atoms with Crippen molar-refractivity contribution in [2.45, 2.75) is 52.5 Å². The number of aromatic nitrogens is 1. The highest BCUT2D eigenvalue weighted by Crippen LogP contribution is 2.24. The van der Waals surface area contributed by atoms with E-state index < -0.39 is 0 Å². The van der Waals surface area contributed by atoms with Crippen LogP contribution in [0, 0.1) is 5.92 Å². The topological polar surface area (TPSA) is 31.2 Å². The van der Waals surface area contributed by atoms with Gasteiger partial charge < -0.3 is 9.30 Å². The van der Waals surface area contributed by atoms with Crippen molar-refractivity contribution < 1.29 is 9.53 Å². The van der Waals surface area contributed by atoms with E-state index in [4.69, 9.17) is 4.74 Å². The van der Waals surface area contributed by atoms with Gasteiger partial charge in [-0.25, -0.2) is 0 Å². The third kappa shape index (κ3) is 7.45. The van der Waals surface area contributed by atoms with Crippen molar-refractivity contribution in [3.63, 3.8) is 0 Å². The lowest BCUT2D eigenvalue weighted by Crippen LogP contribution is -2.33. The Morgan fingerprint density at radius 1 is 1.03 bits per heavy atom. The molecule has 0 saturated heterocycles. The molecule has 0 amide bonds. The molecule has 0 N–H and O–H groups in total. The molecule has 1 atom stereocenters. The number of allylic oxidation sites excluding steroid dienone is 2. The number of ketones is 1. The number of nitrogens with zero attached hydrogens (tertiary/aromatic N) is 1. The fourth-order valence-corrected chi connectivity index (χ4v) is 4.57. The van der Waals surface area contributed by atoms with Crippen molar-refractivity contribution in [3.05, 3.63) is 108 Å². The van der Waals surface area contributed by atoms with Crippen LogP contribution in [0.25, 0.3) is 11.6 Å². The van der Waals surface area contributed by atoms with Gasteiger partial charge in [-0.1, -0.05) is 69.0 Å². The minimum atomic E-state index is 0.131. The SMILES string of the molecule is C=C/C=c1/ccn(CC(CCC)CCCC(=O)C=C)/c1=C(/C)c1cccc(Oc2ccccc2)c1. The van der Waals surface area contributed by atoms with Crippen LogP contribution in [0.5, 0.6) is 11.5 Å². The summed E-state index contributed by atoms with van der Waals surface area (Å²) in [6, 6.07) is 20.3. The molecule has 0 fully saturated rings. The average molecular weight is 468 g/mol. The predicted octanol–water partition coefficient (Wildman–Crippen LogP) is 6.81. The highest BCUT2D eigenvalue weighted by molar-refractivity contribution is 5.88. The predicted molar refractivity (Wildman–Crippen MR) is 147 cm³/mol. The summed E-state index contributed by atoms with van der Waals surface area (Å²) >= 11 is 0. The lowest BCUT2D eigenvalue weighted by atomic mass is 9.96. The van der Waals surface area contributed by atoms with Crippen LogP contribution in [0.3, 0.4) is 0 Å². The Balaban J connectivity index is 1.95. The molecular weight excluding hydrogens is 430 g/mol. The first-order chi connectivity index (χ1) is 17.0. The molecule has 182 valence electrons. The number of para-hydroxylation sites is 1. The number of rotatable bonds is 13. The van der Waals surface area contributed by atoms with E-state index in [1.165, 1.54) is 17.0 Å². The fraction of sp³-hybridized carbons (Fsp3) is 0.281. The van der Waals surface area contributed by atoms with Crippen LogP contribution in [0.2, 0.25) is 0 Å². The van der Waals surface area contributed by atoms with Crippen molar-refractivity contribution in [2.75, 3.05) is 0 Å². The first kappa shape index (κ1) is 26.0. The van der Waals surface area contributed by atoms with Crippen molar-refractivity contribution in [2.24, 2.45) is 5.92 Å². The summed E-state index contributed by atoms with van der Waals surface area (Å²) in [5, 5.41) is 2.36. The summed E-state index contributed by atoms with van der Waals surface area (Å²) in [6.45, 7) is 12.8. The minimum absolute atomic E-state index is 0.131. The Hall–Kier alpha value is -3.59. The zero-order chi connectivity index (χ0) is 25.0. The summed E-state index contributed by atoms with van der Waals surface area (Å²) < 4.78 is 8.45. The molecule has 1 aromatic heterocycles. The molecule has 2 aromatic carbocycles. The molecule has 0 aliphatic carbocycles. The molecule has 3 aromatic rings. The normalized spacial score (nSPS) is 13.3. The van der Waals surface area contributed by atoms with E-state index in [9.17, 15) is 4.79 Å². The smallest absolute Gasteiger partial charge is 0.155 e. The second-order valence-electron chi connectivity index (χ2n) is 8.96. The highest BCUT2D eigenvalue weighted by Gasteiger charge is 2.12. The van der Waals surface area contributed by atoms with E-state index in [1.807, 2.05) is 48.5 Å². The Kier molecular flexibility index (Phi) is 9.92. The van der Waals surface area contributed by atoms with Gasteiger partial charge in [-0.05, 0) is 84.9 Å². The van der Waals surface area contributed by atoms with Gasteiger partial charge in [0.25, 0.3) is 0 Å². The Bertz CT molecular complexity index is 1250. The Morgan fingerprint density at radius 2 is 1.80 bits per heavy atom. The number of carbonyl (C=O) groups excluding carboxylic acids is 1. The zero-order valence-corrected chi connectivity index (χ0v) is 21.1. The van der Waals surface area contributed by atoms with Crippen LogP contribution in [0.1, 0.15) is 51.5 Å². The van der Waals surface area contributed by atoms with Crippen LogP contribution in [0.4, 0.5) is 0 Å². The van der Waals surface area contributed by atoms with Crippen molar-refractivity contribution in [3.8, 4) is 11.5 Å². The third-order valence-corrected chi connectivity index (χ3v) is 6.31. The standard InChI is InChI=1S/C32H37NO2/c1-5-13-26(15-11-17-29(34)7-3)24-33-22-21-27(14-6-2)32(33)25(4)28-16-12-20-31(23-28)35-30-18-9-8-10-19-30/h6-10,12,14,16,18-23,26H,2-3,5,11,13,15,17,24H2,1,4H3/b27-14-,32-25-. The van der Waals surface area contributed by atoms with E-state index >= 15 is 0 Å². The van der Waals surface area contributed by atoms with E-state index in [0.717, 1.165) is 54.5 Å². The van der Waals surface area contributed by atoms with Crippen molar-refractivity contribution in [1.29, 1.82) is 0 Å². The van der Waals surface area contributed by atoms with Gasteiger partial charge in [0.15, 0.2) is 5.78 Å². The van der Waals surface area contributed by atoms with Gasteiger partial charge in [0.05, 0.1) is 5.35 Å². The number of benzene rings is 2. The quantitative estimate of drug-likeness (QED) is 0.259. The summed E-state index contributed by atoms with van der Waals surface area (Å²) in [5.41, 5.74) is 2.32. The van der Waals surface area contributed by atoms with E-state index in [1.54, 1.807) is 0 Å². The molecule has 0 aliphatic heterocycles. The second kappa shape index (κ2) is 13.3. The van der Waals surface area contributed by atoms with Crippen molar-refractivity contribution in [1.82, 2.24) is 4.57 Å². The number of hydrogen-bond donors (Lipinski definition) is 0. The molecule has 0 bridgehead atoms. The van der Waals surface area contributed by atoms with Gasteiger partial charge in [0.2, 0.25) is 0 Å². The van der Waals surface area contributed by atoms with Gasteiger partial charge in [0.1, 0.15) is 11.5 Å². The van der Waals surface area contributed by atoms with E-state index in [0.29, 0.717) is 12.3 Å². The van der Waals surface area contributed by atoms with E-state index in [2.05, 4.69) is 62.0 Å². The van der Waals surface area contributed by atoms with E-state index in [-0.39, 0.29) is 5.78 Å². The molecule has 0 saturated carbocycles. The Morgan fingerprint density at radius 3 is 2.51 bits per heavy atom. The molecule has 3 rings (SSSR count). The number of ether oxygens (including phenoxy) is 1. The van der Waals surface area contributed by atoms with Gasteiger partial charge in [0, 0.05) is 19.2 Å². The molecule has 3 heteroatoms. The Labute approximate surface area is 209 Å². The number of hydrogen-bond acceptors (Lipinski definition) is 2. The molecular formula is C32H37NO2. The average Bonchev–Trinajstić information content (AvgIpc) is 3.26. The van der Waals surface area contributed by atoms with Gasteiger partial charge in [-0.15, -0.1) is 0 Å². The lowest BCUT2D eigenvalue weighted by molar-refractivity contribution is -0.114. The first-order valence-electron chi connectivity index (χ1n) is 12.5. The summed E-state index contributed by atoms with van der Waals surface area (Å²) in [5.74, 6) is 2.28. The second-order valence-corrected chi connectivity index (χ2v) is 8.96. The zero-order valence-electron chi connectivity index (χ0n) is 21.1. The third-order valence-electron chi connectivity index (χ3n) is 6.31. The summed E-state index contributed by atoms with van der Waals surface area (Å²) in [6.07, 6.45) is 12.3. The molecule has 0 spiro atoms. The van der Waals surface area contributed by atoms with Crippen molar-refractivity contribution >= 4 is 17.4 Å². The van der Waals surface area contributed by atoms with Gasteiger partial charge >= 0.3 is 0 Å². The fourth-order valence-electron chi connectivity index (χ4n) is 4.57. The van der Waals surface area contributed by atoms with Gasteiger partial charge in [-0.2, -0.15) is 0 Å². The first-order valence-corrected chi connectivity index (χ1v) is 12.5. The van der Waals surface area contributed by atoms with Gasteiger partial charge in [-0.3, -0.25) is 4.79 Å². The molecule has 3 nitrogen and oxygen atoms in total. The summed E-state index contributed by atoms with van der Waals surface area (Å²) in [4.78, 5) is 11.7. The van der Waals surface area contributed by atoms with Crippen LogP contribution in [-0.4, -0.2) is 10.4 Å². The maximum absolute atomic E-state index is 11.7. The molecule has 35 heavy (non-hydrogen) atoms. The minimum Gasteiger partial charge on any atom is -0.457 e. The highest BCUT2D eigenvalue weighted by atomic mass is 16.5. The molecule has 1 unspecified atom stereocenters. The molecule has 1 heterocycles. The monoisotopic (exact) mass is 467 g/mol. The van der Waals surface area contributed by atoms with Crippen LogP contribution < -0.4 is 15.3 Å². The van der Waals surface area contributed by atoms with Crippen LogP contribution in [0.15, 0.2) is 92.2 Å². The largest absolute Gasteiger partial charge is 0.457 e. The lowest BCUT2D eigenvalue weighted by Gasteiger charge is -2.18. The van der Waals surface area contributed by atoms with Crippen LogP contribution >= 0.6 is 0 Å². The molecule has 0 aliphatic rings. The van der Waals surface area contributed by atoms with Crippen LogP contribution in [-0.2, 0) is 11.3 Å². The maximum atomic E-state index is 11.7. The maximum Gasteiger partial charge on any atom is 0.155 e. The summed E-state index contributed by atoms with van der Waals surface area (Å²) in [7, 11) is 0. The number of carbonyl (C=O) groups is 1. The molecule has 0 radical (unpaired) electrons.